The SMILES string of the molecule is CCNC1c2ccccc2CC1Cc1cc(F)cc(Br)c1. The Balaban J connectivity index is 1.85. The number of hydrogen-bond donors (Lipinski definition) is 1. The smallest absolute Gasteiger partial charge is 0.124 e. The van der Waals surface area contributed by atoms with E-state index in [2.05, 4.69) is 52.4 Å². The highest BCUT2D eigenvalue weighted by atomic mass is 79.9. The molecule has 0 bridgehead atoms. The van der Waals surface area contributed by atoms with Crippen molar-refractivity contribution in [2.75, 3.05) is 6.54 Å². The van der Waals surface area contributed by atoms with Gasteiger partial charge in [-0.25, -0.2) is 4.39 Å². The zero-order valence-electron chi connectivity index (χ0n) is 12.1. The van der Waals surface area contributed by atoms with E-state index < -0.39 is 0 Å². The number of rotatable bonds is 4. The summed E-state index contributed by atoms with van der Waals surface area (Å²) in [5.74, 6) is 0.311. The molecule has 0 heterocycles. The average molecular weight is 348 g/mol. The van der Waals surface area contributed by atoms with Crippen LogP contribution in [-0.2, 0) is 12.8 Å². The Morgan fingerprint density at radius 1 is 1.24 bits per heavy atom. The first kappa shape index (κ1) is 14.7. The Bertz CT molecular complexity index is 621. The van der Waals surface area contributed by atoms with Gasteiger partial charge in [0.1, 0.15) is 5.82 Å². The number of benzene rings is 2. The molecule has 2 aromatic carbocycles. The third kappa shape index (κ3) is 3.19. The van der Waals surface area contributed by atoms with Gasteiger partial charge in [-0.3, -0.25) is 0 Å². The molecular weight excluding hydrogens is 329 g/mol. The average Bonchev–Trinajstić information content (AvgIpc) is 2.76. The molecule has 0 saturated heterocycles. The van der Waals surface area contributed by atoms with Gasteiger partial charge in [0.05, 0.1) is 0 Å². The van der Waals surface area contributed by atoms with Crippen LogP contribution < -0.4 is 5.32 Å². The van der Waals surface area contributed by atoms with E-state index in [1.54, 1.807) is 6.07 Å². The van der Waals surface area contributed by atoms with E-state index in [0.717, 1.165) is 29.4 Å². The molecule has 21 heavy (non-hydrogen) atoms. The molecule has 1 aliphatic rings. The maximum atomic E-state index is 13.6. The Morgan fingerprint density at radius 3 is 2.81 bits per heavy atom. The van der Waals surface area contributed by atoms with Crippen LogP contribution in [0.3, 0.4) is 0 Å². The monoisotopic (exact) mass is 347 g/mol. The van der Waals surface area contributed by atoms with E-state index in [-0.39, 0.29) is 5.82 Å². The fourth-order valence-electron chi connectivity index (χ4n) is 3.40. The summed E-state index contributed by atoms with van der Waals surface area (Å²) in [6.45, 7) is 3.08. The van der Waals surface area contributed by atoms with E-state index in [1.807, 2.05) is 6.07 Å². The second-order valence-corrected chi connectivity index (χ2v) is 6.60. The maximum Gasteiger partial charge on any atom is 0.124 e. The second-order valence-electron chi connectivity index (χ2n) is 5.68. The lowest BCUT2D eigenvalue weighted by Crippen LogP contribution is -2.26. The fourth-order valence-corrected chi connectivity index (χ4v) is 3.91. The topological polar surface area (TPSA) is 12.0 Å². The largest absolute Gasteiger partial charge is 0.310 e. The van der Waals surface area contributed by atoms with Crippen LogP contribution in [0, 0.1) is 11.7 Å². The van der Waals surface area contributed by atoms with Crippen LogP contribution in [0.2, 0.25) is 0 Å². The molecule has 1 N–H and O–H groups in total. The molecular formula is C18H19BrFN. The van der Waals surface area contributed by atoms with E-state index in [0.29, 0.717) is 12.0 Å². The predicted octanol–water partition coefficient (Wildman–Crippen LogP) is 4.65. The highest BCUT2D eigenvalue weighted by Crippen LogP contribution is 2.38. The zero-order valence-corrected chi connectivity index (χ0v) is 13.7. The highest BCUT2D eigenvalue weighted by molar-refractivity contribution is 9.10. The van der Waals surface area contributed by atoms with Crippen molar-refractivity contribution >= 4 is 15.9 Å². The van der Waals surface area contributed by atoms with Gasteiger partial charge in [0.25, 0.3) is 0 Å². The van der Waals surface area contributed by atoms with E-state index >= 15 is 0 Å². The lowest BCUT2D eigenvalue weighted by atomic mass is 9.92. The normalized spacial score (nSPS) is 20.5. The summed E-state index contributed by atoms with van der Waals surface area (Å²) in [5.41, 5.74) is 3.88. The maximum absolute atomic E-state index is 13.6. The first-order valence-electron chi connectivity index (χ1n) is 7.43. The molecule has 0 amide bonds. The number of nitrogens with one attached hydrogen (secondary N) is 1. The highest BCUT2D eigenvalue weighted by Gasteiger charge is 2.31. The summed E-state index contributed by atoms with van der Waals surface area (Å²) < 4.78 is 14.4. The van der Waals surface area contributed by atoms with Crippen LogP contribution in [0.1, 0.15) is 29.7 Å². The summed E-state index contributed by atoms with van der Waals surface area (Å²) in [5, 5.41) is 3.59. The fraction of sp³-hybridized carbons (Fsp3) is 0.333. The molecule has 3 heteroatoms. The quantitative estimate of drug-likeness (QED) is 0.848. The van der Waals surface area contributed by atoms with Crippen LogP contribution in [0.4, 0.5) is 4.39 Å². The molecule has 2 atom stereocenters. The Labute approximate surface area is 133 Å². The Kier molecular flexibility index (Phi) is 4.41. The van der Waals surface area contributed by atoms with Gasteiger partial charge in [-0.15, -0.1) is 0 Å². The molecule has 0 spiro atoms. The summed E-state index contributed by atoms with van der Waals surface area (Å²) in [6, 6.07) is 14.2. The first-order valence-corrected chi connectivity index (χ1v) is 8.23. The van der Waals surface area contributed by atoms with Gasteiger partial charge < -0.3 is 5.32 Å². The summed E-state index contributed by atoms with van der Waals surface area (Å²) in [4.78, 5) is 0. The molecule has 0 radical (unpaired) electrons. The van der Waals surface area contributed by atoms with Gasteiger partial charge >= 0.3 is 0 Å². The van der Waals surface area contributed by atoms with Crippen molar-refractivity contribution in [1.82, 2.24) is 5.32 Å². The van der Waals surface area contributed by atoms with Crippen molar-refractivity contribution < 1.29 is 4.39 Å². The molecule has 0 aromatic heterocycles. The lowest BCUT2D eigenvalue weighted by Gasteiger charge is -2.21. The minimum Gasteiger partial charge on any atom is -0.310 e. The van der Waals surface area contributed by atoms with Gasteiger partial charge in [-0.1, -0.05) is 47.1 Å². The van der Waals surface area contributed by atoms with E-state index in [1.165, 1.54) is 17.2 Å². The Morgan fingerprint density at radius 2 is 2.05 bits per heavy atom. The van der Waals surface area contributed by atoms with Crippen molar-refractivity contribution in [3.63, 3.8) is 0 Å². The first-order chi connectivity index (χ1) is 10.2. The molecule has 2 unspecified atom stereocenters. The number of fused-ring (bicyclic) bond motifs is 1. The second kappa shape index (κ2) is 6.29. The summed E-state index contributed by atoms with van der Waals surface area (Å²) >= 11 is 3.38. The van der Waals surface area contributed by atoms with Gasteiger partial charge in [0.2, 0.25) is 0 Å². The van der Waals surface area contributed by atoms with Crippen molar-refractivity contribution in [1.29, 1.82) is 0 Å². The van der Waals surface area contributed by atoms with Gasteiger partial charge in [-0.2, -0.15) is 0 Å². The van der Waals surface area contributed by atoms with E-state index in [9.17, 15) is 4.39 Å². The third-order valence-electron chi connectivity index (χ3n) is 4.19. The number of hydrogen-bond acceptors (Lipinski definition) is 1. The molecule has 2 aromatic rings. The minimum atomic E-state index is -0.171. The van der Waals surface area contributed by atoms with Gasteiger partial charge in [0, 0.05) is 10.5 Å². The molecule has 110 valence electrons. The molecule has 1 nitrogen and oxygen atoms in total. The van der Waals surface area contributed by atoms with Crippen molar-refractivity contribution in [3.8, 4) is 0 Å². The van der Waals surface area contributed by atoms with Gasteiger partial charge in [0.15, 0.2) is 0 Å². The van der Waals surface area contributed by atoms with Crippen molar-refractivity contribution in [3.05, 3.63) is 69.4 Å². The Hall–Kier alpha value is -1.19. The zero-order chi connectivity index (χ0) is 14.8. The van der Waals surface area contributed by atoms with E-state index in [4.69, 9.17) is 0 Å². The summed E-state index contributed by atoms with van der Waals surface area (Å²) in [6.07, 6.45) is 1.95. The molecule has 0 saturated carbocycles. The predicted molar refractivity (Wildman–Crippen MR) is 87.9 cm³/mol. The summed E-state index contributed by atoms with van der Waals surface area (Å²) in [7, 11) is 0. The van der Waals surface area contributed by atoms with Crippen LogP contribution in [0.25, 0.3) is 0 Å². The third-order valence-corrected chi connectivity index (χ3v) is 4.65. The standard InChI is InChI=1S/C18H19BrFN/c1-2-21-18-14(10-13-5-3-4-6-17(13)18)7-12-8-15(19)11-16(20)9-12/h3-6,8-9,11,14,18,21H,2,7,10H2,1H3. The molecule has 1 aliphatic carbocycles. The van der Waals surface area contributed by atoms with Crippen LogP contribution in [-0.4, -0.2) is 6.54 Å². The van der Waals surface area contributed by atoms with Gasteiger partial charge in [-0.05, 0) is 60.2 Å². The number of halogens is 2. The van der Waals surface area contributed by atoms with Crippen LogP contribution in [0.15, 0.2) is 46.9 Å². The molecule has 0 aliphatic heterocycles. The van der Waals surface area contributed by atoms with Crippen molar-refractivity contribution in [2.45, 2.75) is 25.8 Å². The van der Waals surface area contributed by atoms with Crippen molar-refractivity contribution in [2.24, 2.45) is 5.92 Å². The molecule has 0 fully saturated rings. The molecule has 3 rings (SSSR count). The van der Waals surface area contributed by atoms with Crippen LogP contribution in [0.5, 0.6) is 0 Å². The van der Waals surface area contributed by atoms with Crippen LogP contribution >= 0.6 is 15.9 Å². The minimum absolute atomic E-state index is 0.171. The lowest BCUT2D eigenvalue weighted by molar-refractivity contribution is 0.393.